The molecule has 3 rings (SSSR count). The molecule has 0 radical (unpaired) electrons. The molecule has 1 aliphatic rings. The van der Waals surface area contributed by atoms with Crippen LogP contribution < -0.4 is 4.74 Å². The minimum Gasteiger partial charge on any atom is -0.484 e. The number of aliphatic hydroxyl groups is 1. The Kier molecular flexibility index (Phi) is 4.29. The molecule has 2 aromatic carbocycles. The molecule has 0 aromatic heterocycles. The average molecular weight is 299 g/mol. The third-order valence-electron chi connectivity index (χ3n) is 4.35. The lowest BCUT2D eigenvalue weighted by Crippen LogP contribution is -2.47. The van der Waals surface area contributed by atoms with Gasteiger partial charge in [0.2, 0.25) is 0 Å². The molecule has 1 fully saturated rings. The Bertz CT molecular complexity index is 670. The summed E-state index contributed by atoms with van der Waals surface area (Å²) in [7, 11) is 0. The summed E-state index contributed by atoms with van der Waals surface area (Å²) in [5.41, 5.74) is 0. The summed E-state index contributed by atoms with van der Waals surface area (Å²) >= 11 is 0. The number of fused-ring (bicyclic) bond motifs is 1. The number of hydrogen-bond acceptors (Lipinski definition) is 3. The minimum absolute atomic E-state index is 0.0133. The molecule has 116 valence electrons. The first kappa shape index (κ1) is 14.9. The molecule has 0 aliphatic carbocycles. The normalized spacial score (nSPS) is 21.8. The van der Waals surface area contributed by atoms with Gasteiger partial charge in [-0.1, -0.05) is 37.3 Å². The fourth-order valence-electron chi connectivity index (χ4n) is 2.77. The summed E-state index contributed by atoms with van der Waals surface area (Å²) in [4.78, 5) is 13.9. The lowest BCUT2D eigenvalue weighted by atomic mass is 9.96. The number of aliphatic hydroxyl groups excluding tert-OH is 1. The summed E-state index contributed by atoms with van der Waals surface area (Å²) in [5.74, 6) is 0.877. The highest BCUT2D eigenvalue weighted by Gasteiger charge is 2.27. The Hall–Kier alpha value is -2.07. The van der Waals surface area contributed by atoms with Crippen LogP contribution in [0, 0.1) is 5.92 Å². The number of carbonyl (C=O) groups excluding carboxylic acids is 1. The zero-order chi connectivity index (χ0) is 15.5. The number of β-amino-alcohol motifs (C(OH)–C–C–N with tert-alkyl or cyclic N) is 1. The highest BCUT2D eigenvalue weighted by molar-refractivity contribution is 5.84. The van der Waals surface area contributed by atoms with Crippen LogP contribution in [-0.2, 0) is 4.79 Å². The van der Waals surface area contributed by atoms with E-state index in [0.29, 0.717) is 18.8 Å². The van der Waals surface area contributed by atoms with Gasteiger partial charge in [-0.2, -0.15) is 0 Å². The number of amides is 1. The number of ether oxygens (including phenoxy) is 1. The SMILES string of the molecule is CC1CCN(C(=O)COc2ccc3ccccc3c2)CC1O. The molecular weight excluding hydrogens is 278 g/mol. The number of nitrogens with zero attached hydrogens (tertiary/aromatic N) is 1. The van der Waals surface area contributed by atoms with Gasteiger partial charge in [0.05, 0.1) is 6.10 Å². The average Bonchev–Trinajstić information content (AvgIpc) is 2.55. The number of benzene rings is 2. The monoisotopic (exact) mass is 299 g/mol. The van der Waals surface area contributed by atoms with Crippen molar-refractivity contribution in [1.29, 1.82) is 0 Å². The van der Waals surface area contributed by atoms with Crippen LogP contribution in [0.15, 0.2) is 42.5 Å². The number of piperidine rings is 1. The van der Waals surface area contributed by atoms with Gasteiger partial charge in [0, 0.05) is 13.1 Å². The van der Waals surface area contributed by atoms with Gasteiger partial charge in [-0.05, 0) is 35.2 Å². The zero-order valence-electron chi connectivity index (χ0n) is 12.7. The van der Waals surface area contributed by atoms with Crippen molar-refractivity contribution in [1.82, 2.24) is 4.90 Å². The Balaban J connectivity index is 1.60. The van der Waals surface area contributed by atoms with Crippen molar-refractivity contribution in [3.05, 3.63) is 42.5 Å². The van der Waals surface area contributed by atoms with Crippen LogP contribution >= 0.6 is 0 Å². The molecule has 0 spiro atoms. The Labute approximate surface area is 130 Å². The number of rotatable bonds is 3. The summed E-state index contributed by atoms with van der Waals surface area (Å²) in [6, 6.07) is 13.8. The molecule has 1 heterocycles. The van der Waals surface area contributed by atoms with Gasteiger partial charge in [0.15, 0.2) is 6.61 Å². The number of likely N-dealkylation sites (tertiary alicyclic amines) is 1. The van der Waals surface area contributed by atoms with Gasteiger partial charge in [0.25, 0.3) is 5.91 Å². The molecule has 1 amide bonds. The quantitative estimate of drug-likeness (QED) is 0.947. The van der Waals surface area contributed by atoms with Gasteiger partial charge in [0.1, 0.15) is 5.75 Å². The molecule has 2 atom stereocenters. The van der Waals surface area contributed by atoms with Crippen molar-refractivity contribution in [3.8, 4) is 5.75 Å². The maximum Gasteiger partial charge on any atom is 0.260 e. The van der Waals surface area contributed by atoms with E-state index in [1.807, 2.05) is 49.4 Å². The topological polar surface area (TPSA) is 49.8 Å². The van der Waals surface area contributed by atoms with Gasteiger partial charge in [-0.25, -0.2) is 0 Å². The Morgan fingerprint density at radius 1 is 1.27 bits per heavy atom. The first-order valence-corrected chi connectivity index (χ1v) is 7.71. The molecule has 1 N–H and O–H groups in total. The van der Waals surface area contributed by atoms with E-state index >= 15 is 0 Å². The highest BCUT2D eigenvalue weighted by atomic mass is 16.5. The maximum absolute atomic E-state index is 12.2. The van der Waals surface area contributed by atoms with E-state index in [-0.39, 0.29) is 18.4 Å². The fraction of sp³-hybridized carbons (Fsp3) is 0.389. The van der Waals surface area contributed by atoms with E-state index in [1.165, 1.54) is 0 Å². The van der Waals surface area contributed by atoms with Gasteiger partial charge < -0.3 is 14.7 Å². The molecule has 0 bridgehead atoms. The lowest BCUT2D eigenvalue weighted by Gasteiger charge is -2.34. The zero-order valence-corrected chi connectivity index (χ0v) is 12.7. The first-order chi connectivity index (χ1) is 10.6. The van der Waals surface area contributed by atoms with E-state index in [4.69, 9.17) is 4.74 Å². The van der Waals surface area contributed by atoms with E-state index in [9.17, 15) is 9.90 Å². The van der Waals surface area contributed by atoms with Gasteiger partial charge >= 0.3 is 0 Å². The predicted octanol–water partition coefficient (Wildman–Crippen LogP) is 2.45. The summed E-state index contributed by atoms with van der Waals surface area (Å²) in [6.07, 6.45) is 0.404. The highest BCUT2D eigenvalue weighted by Crippen LogP contribution is 2.21. The van der Waals surface area contributed by atoms with E-state index in [1.54, 1.807) is 4.90 Å². The summed E-state index contributed by atoms with van der Waals surface area (Å²) in [5, 5.41) is 12.1. The van der Waals surface area contributed by atoms with Crippen LogP contribution in [0.1, 0.15) is 13.3 Å². The summed E-state index contributed by atoms with van der Waals surface area (Å²) in [6.45, 7) is 3.12. The van der Waals surface area contributed by atoms with Crippen LogP contribution in [0.2, 0.25) is 0 Å². The van der Waals surface area contributed by atoms with E-state index in [0.717, 1.165) is 17.2 Å². The van der Waals surface area contributed by atoms with Crippen molar-refractivity contribution in [2.75, 3.05) is 19.7 Å². The molecule has 2 unspecified atom stereocenters. The minimum atomic E-state index is -0.432. The molecule has 1 aliphatic heterocycles. The van der Waals surface area contributed by atoms with Crippen molar-refractivity contribution in [2.24, 2.45) is 5.92 Å². The van der Waals surface area contributed by atoms with Crippen LogP contribution in [0.25, 0.3) is 10.8 Å². The van der Waals surface area contributed by atoms with Crippen molar-refractivity contribution >= 4 is 16.7 Å². The van der Waals surface area contributed by atoms with E-state index in [2.05, 4.69) is 0 Å². The van der Waals surface area contributed by atoms with E-state index < -0.39 is 6.10 Å². The van der Waals surface area contributed by atoms with Crippen LogP contribution in [-0.4, -0.2) is 41.7 Å². The van der Waals surface area contributed by atoms with Crippen LogP contribution in [0.5, 0.6) is 5.75 Å². The molecule has 4 nitrogen and oxygen atoms in total. The Morgan fingerprint density at radius 3 is 2.82 bits per heavy atom. The second-order valence-corrected chi connectivity index (χ2v) is 5.97. The smallest absolute Gasteiger partial charge is 0.260 e. The largest absolute Gasteiger partial charge is 0.484 e. The second-order valence-electron chi connectivity index (χ2n) is 5.97. The number of carbonyl (C=O) groups is 1. The molecule has 2 aromatic rings. The fourth-order valence-corrected chi connectivity index (χ4v) is 2.77. The molecule has 0 saturated carbocycles. The summed E-state index contributed by atoms with van der Waals surface area (Å²) < 4.78 is 5.62. The molecular formula is C18H21NO3. The standard InChI is InChI=1S/C18H21NO3/c1-13-8-9-19(11-17(13)20)18(21)12-22-16-7-6-14-4-2-3-5-15(14)10-16/h2-7,10,13,17,20H,8-9,11-12H2,1H3. The van der Waals surface area contributed by atoms with Crippen LogP contribution in [0.3, 0.4) is 0 Å². The second kappa shape index (κ2) is 6.36. The predicted molar refractivity (Wildman–Crippen MR) is 85.8 cm³/mol. The first-order valence-electron chi connectivity index (χ1n) is 7.71. The van der Waals surface area contributed by atoms with Crippen molar-refractivity contribution in [3.63, 3.8) is 0 Å². The van der Waals surface area contributed by atoms with Crippen molar-refractivity contribution in [2.45, 2.75) is 19.4 Å². The third kappa shape index (κ3) is 3.22. The molecule has 1 saturated heterocycles. The van der Waals surface area contributed by atoms with Crippen LogP contribution in [0.4, 0.5) is 0 Å². The molecule has 4 heteroatoms. The third-order valence-corrected chi connectivity index (χ3v) is 4.35. The Morgan fingerprint density at radius 2 is 2.05 bits per heavy atom. The van der Waals surface area contributed by atoms with Gasteiger partial charge in [-0.15, -0.1) is 0 Å². The maximum atomic E-state index is 12.2. The van der Waals surface area contributed by atoms with Gasteiger partial charge in [-0.3, -0.25) is 4.79 Å². The van der Waals surface area contributed by atoms with Crippen molar-refractivity contribution < 1.29 is 14.6 Å². The number of hydrogen-bond donors (Lipinski definition) is 1. The molecule has 22 heavy (non-hydrogen) atoms. The lowest BCUT2D eigenvalue weighted by molar-refractivity contribution is -0.137.